The van der Waals surface area contributed by atoms with Crippen molar-refractivity contribution in [1.82, 2.24) is 25.4 Å². The van der Waals surface area contributed by atoms with Gasteiger partial charge in [0.15, 0.2) is 5.65 Å². The zero-order valence-electron chi connectivity index (χ0n) is 15.4. The molecule has 2 aromatic rings. The highest BCUT2D eigenvalue weighted by molar-refractivity contribution is 5.92. The van der Waals surface area contributed by atoms with Gasteiger partial charge in [0, 0.05) is 50.9 Å². The number of rotatable bonds is 2. The summed E-state index contributed by atoms with van der Waals surface area (Å²) in [6, 6.07) is 0.741. The highest BCUT2D eigenvalue weighted by atomic mass is 15.3. The number of H-pyrrole nitrogens is 1. The van der Waals surface area contributed by atoms with Gasteiger partial charge in [0.05, 0.1) is 5.39 Å². The molecule has 2 aromatic heterocycles. The van der Waals surface area contributed by atoms with Crippen molar-refractivity contribution < 1.29 is 0 Å². The number of piperazine rings is 1. The normalized spacial score (nSPS) is 22.7. The van der Waals surface area contributed by atoms with Crippen molar-refractivity contribution in [3.8, 4) is 0 Å². The predicted octanol–water partition coefficient (Wildman–Crippen LogP) is 1.64. The van der Waals surface area contributed by atoms with E-state index < -0.39 is 0 Å². The summed E-state index contributed by atoms with van der Waals surface area (Å²) in [5.74, 6) is 1.81. The molecule has 1 saturated heterocycles. The molecule has 4 N–H and O–H groups in total. The summed E-state index contributed by atoms with van der Waals surface area (Å²) in [6.07, 6.45) is 7.91. The van der Waals surface area contributed by atoms with Crippen LogP contribution < -0.4 is 16.0 Å². The predicted molar refractivity (Wildman–Crippen MR) is 104 cm³/mol. The fourth-order valence-corrected chi connectivity index (χ4v) is 5.05. The van der Waals surface area contributed by atoms with Gasteiger partial charge in [-0.1, -0.05) is 19.3 Å². The fraction of sp³-hybridized carbons (Fsp3) is 0.684. The summed E-state index contributed by atoms with van der Waals surface area (Å²) < 4.78 is 0. The number of nitrogens with zero attached hydrogens (tertiary/aromatic N) is 4. The Hall–Kier alpha value is -1.86. The Morgan fingerprint density at radius 2 is 1.81 bits per heavy atom. The van der Waals surface area contributed by atoms with E-state index in [2.05, 4.69) is 25.3 Å². The van der Waals surface area contributed by atoms with E-state index in [1.807, 2.05) is 0 Å². The van der Waals surface area contributed by atoms with Crippen LogP contribution in [0.3, 0.4) is 0 Å². The van der Waals surface area contributed by atoms with Crippen LogP contribution in [0, 0.1) is 0 Å². The Labute approximate surface area is 154 Å². The van der Waals surface area contributed by atoms with Gasteiger partial charge in [-0.3, -0.25) is 10.00 Å². The number of nitrogens with one attached hydrogen (secondary N) is 2. The quantitative estimate of drug-likeness (QED) is 0.759. The minimum Gasteiger partial charge on any atom is -0.384 e. The molecule has 1 aliphatic carbocycles. The van der Waals surface area contributed by atoms with Crippen molar-refractivity contribution in [2.24, 2.45) is 0 Å². The van der Waals surface area contributed by atoms with E-state index in [1.165, 1.54) is 43.2 Å². The van der Waals surface area contributed by atoms with Gasteiger partial charge in [0.1, 0.15) is 11.6 Å². The van der Waals surface area contributed by atoms with E-state index >= 15 is 0 Å². The second kappa shape index (κ2) is 6.70. The summed E-state index contributed by atoms with van der Waals surface area (Å²) >= 11 is 0. The number of hydrogen-bond donors (Lipinski definition) is 3. The third-order valence-corrected chi connectivity index (χ3v) is 6.44. The third kappa shape index (κ3) is 2.74. The van der Waals surface area contributed by atoms with Crippen LogP contribution in [0.4, 0.5) is 11.6 Å². The van der Waals surface area contributed by atoms with Crippen molar-refractivity contribution in [2.45, 2.75) is 51.1 Å². The molecule has 7 nitrogen and oxygen atoms in total. The van der Waals surface area contributed by atoms with Gasteiger partial charge in [-0.15, -0.1) is 0 Å². The number of fused-ring (bicyclic) bond motifs is 3. The molecular formula is C19H29N7. The number of pyridine rings is 1. The molecule has 1 saturated carbocycles. The van der Waals surface area contributed by atoms with Crippen molar-refractivity contribution >= 4 is 22.7 Å². The van der Waals surface area contributed by atoms with Gasteiger partial charge in [-0.05, 0) is 24.8 Å². The Kier molecular flexibility index (Phi) is 4.21. The topological polar surface area (TPSA) is 86.1 Å². The largest absolute Gasteiger partial charge is 0.384 e. The summed E-state index contributed by atoms with van der Waals surface area (Å²) in [4.78, 5) is 10.1. The number of nitrogens with two attached hydrogens (primary N) is 1. The van der Waals surface area contributed by atoms with E-state index in [9.17, 15) is 0 Å². The molecule has 140 valence electrons. The number of hydrogen-bond acceptors (Lipinski definition) is 6. The number of anilines is 2. The maximum Gasteiger partial charge on any atom is 0.185 e. The Morgan fingerprint density at radius 3 is 2.62 bits per heavy atom. The Bertz CT molecular complexity index is 787. The van der Waals surface area contributed by atoms with Crippen LogP contribution in [0.2, 0.25) is 0 Å². The van der Waals surface area contributed by atoms with Crippen LogP contribution in [0.5, 0.6) is 0 Å². The lowest BCUT2D eigenvalue weighted by atomic mass is 9.90. The van der Waals surface area contributed by atoms with Crippen molar-refractivity contribution in [3.05, 3.63) is 11.1 Å². The molecule has 0 aromatic carbocycles. The first kappa shape index (κ1) is 16.3. The maximum atomic E-state index is 6.21. The van der Waals surface area contributed by atoms with E-state index in [0.29, 0.717) is 5.82 Å². The number of nitrogen functional groups attached to an aromatic ring is 1. The van der Waals surface area contributed by atoms with Gasteiger partial charge in [0.2, 0.25) is 0 Å². The second-order valence-corrected chi connectivity index (χ2v) is 7.98. The highest BCUT2D eigenvalue weighted by Crippen LogP contribution is 2.37. The van der Waals surface area contributed by atoms with E-state index in [0.717, 1.165) is 68.6 Å². The molecule has 5 rings (SSSR count). The average molecular weight is 355 g/mol. The summed E-state index contributed by atoms with van der Waals surface area (Å²) in [5, 5.41) is 11.8. The molecule has 0 radical (unpaired) electrons. The van der Waals surface area contributed by atoms with E-state index in [4.69, 9.17) is 10.7 Å². The summed E-state index contributed by atoms with van der Waals surface area (Å²) in [6.45, 7) is 6.19. The molecule has 2 aliphatic heterocycles. The van der Waals surface area contributed by atoms with Crippen molar-refractivity contribution in [2.75, 3.05) is 43.4 Å². The molecule has 0 spiro atoms. The molecule has 4 heterocycles. The van der Waals surface area contributed by atoms with Crippen LogP contribution in [0.25, 0.3) is 11.0 Å². The van der Waals surface area contributed by atoms with Crippen molar-refractivity contribution in [1.29, 1.82) is 0 Å². The molecule has 3 aliphatic rings. The molecule has 0 bridgehead atoms. The van der Waals surface area contributed by atoms with E-state index in [1.54, 1.807) is 0 Å². The molecule has 0 amide bonds. The number of aromatic nitrogens is 3. The summed E-state index contributed by atoms with van der Waals surface area (Å²) in [5.41, 5.74) is 9.76. The molecule has 0 atom stereocenters. The van der Waals surface area contributed by atoms with Crippen LogP contribution in [0.1, 0.15) is 43.2 Å². The van der Waals surface area contributed by atoms with Gasteiger partial charge in [-0.2, -0.15) is 5.10 Å². The van der Waals surface area contributed by atoms with E-state index in [-0.39, 0.29) is 0 Å². The fourth-order valence-electron chi connectivity index (χ4n) is 5.05. The SMILES string of the molecule is Nc1[nH]nc2nc(N3CCNCC3)c3c(c12)CCN(C1CCCCC1)C3. The first-order valence-corrected chi connectivity index (χ1v) is 10.2. The van der Waals surface area contributed by atoms with Crippen molar-refractivity contribution in [3.63, 3.8) is 0 Å². The smallest absolute Gasteiger partial charge is 0.185 e. The zero-order valence-corrected chi connectivity index (χ0v) is 15.4. The first-order chi connectivity index (χ1) is 12.8. The molecule has 7 heteroatoms. The maximum absolute atomic E-state index is 6.21. The van der Waals surface area contributed by atoms with Gasteiger partial charge >= 0.3 is 0 Å². The molecule has 2 fully saturated rings. The van der Waals surface area contributed by atoms with Gasteiger partial charge in [0.25, 0.3) is 0 Å². The number of aromatic amines is 1. The van der Waals surface area contributed by atoms with Crippen LogP contribution >= 0.6 is 0 Å². The molecular weight excluding hydrogens is 326 g/mol. The van der Waals surface area contributed by atoms with Crippen LogP contribution in [-0.2, 0) is 13.0 Å². The van der Waals surface area contributed by atoms with Gasteiger partial charge in [-0.25, -0.2) is 4.98 Å². The Balaban J connectivity index is 1.56. The minimum atomic E-state index is 0.668. The lowest BCUT2D eigenvalue weighted by Crippen LogP contribution is -2.46. The van der Waals surface area contributed by atoms with Gasteiger partial charge < -0.3 is 16.0 Å². The standard InChI is InChI=1S/C19H29N7/c20-17-16-14-6-9-26(13-4-2-1-3-5-13)12-15(14)19(22-18(16)24-23-17)25-10-7-21-8-11-25/h13,21H,1-12H2,(H3,20,22,23,24). The molecule has 26 heavy (non-hydrogen) atoms. The minimum absolute atomic E-state index is 0.668. The third-order valence-electron chi connectivity index (χ3n) is 6.44. The highest BCUT2D eigenvalue weighted by Gasteiger charge is 2.31. The second-order valence-electron chi connectivity index (χ2n) is 7.98. The first-order valence-electron chi connectivity index (χ1n) is 10.2. The van der Waals surface area contributed by atoms with Crippen LogP contribution in [-0.4, -0.2) is 58.8 Å². The lowest BCUT2D eigenvalue weighted by molar-refractivity contribution is 0.141. The monoisotopic (exact) mass is 355 g/mol. The lowest BCUT2D eigenvalue weighted by Gasteiger charge is -2.39. The average Bonchev–Trinajstić information content (AvgIpc) is 3.09. The zero-order chi connectivity index (χ0) is 17.5. The summed E-state index contributed by atoms with van der Waals surface area (Å²) in [7, 11) is 0. The van der Waals surface area contributed by atoms with Crippen LogP contribution in [0.15, 0.2) is 0 Å². The molecule has 0 unspecified atom stereocenters. The Morgan fingerprint density at radius 1 is 1.00 bits per heavy atom.